The van der Waals surface area contributed by atoms with Gasteiger partial charge in [-0.15, -0.1) is 0 Å². The quantitative estimate of drug-likeness (QED) is 0.453. The van der Waals surface area contributed by atoms with Crippen molar-refractivity contribution in [3.05, 3.63) is 84.4 Å². The smallest absolute Gasteiger partial charge is 0.175 e. The van der Waals surface area contributed by atoms with Crippen LogP contribution in [0.25, 0.3) is 0 Å². The molecule has 138 valence electrons. The molecule has 0 unspecified atom stereocenters. The van der Waals surface area contributed by atoms with Gasteiger partial charge >= 0.3 is 0 Å². The van der Waals surface area contributed by atoms with Gasteiger partial charge in [0, 0.05) is 5.69 Å². The molecule has 3 rings (SSSR count). The van der Waals surface area contributed by atoms with Crippen molar-refractivity contribution in [2.24, 2.45) is 0 Å². The number of anilines is 2. The van der Waals surface area contributed by atoms with Gasteiger partial charge in [-0.3, -0.25) is 0 Å². The van der Waals surface area contributed by atoms with Gasteiger partial charge in [0.15, 0.2) is 10.9 Å². The van der Waals surface area contributed by atoms with Crippen LogP contribution >= 0.6 is 12.2 Å². The topological polar surface area (TPSA) is 33.3 Å². The summed E-state index contributed by atoms with van der Waals surface area (Å²) >= 11 is 5.47. The normalized spacial score (nSPS) is 10.3. The van der Waals surface area contributed by atoms with Crippen LogP contribution in [-0.2, 0) is 6.42 Å². The van der Waals surface area contributed by atoms with E-state index in [-0.39, 0.29) is 0 Å². The molecule has 0 spiro atoms. The van der Waals surface area contributed by atoms with Crippen molar-refractivity contribution in [1.29, 1.82) is 0 Å². The third kappa shape index (κ3) is 5.83. The van der Waals surface area contributed by atoms with Gasteiger partial charge in [0.2, 0.25) is 0 Å². The van der Waals surface area contributed by atoms with E-state index in [9.17, 15) is 0 Å². The summed E-state index contributed by atoms with van der Waals surface area (Å²) in [6.45, 7) is 2.21. The van der Waals surface area contributed by atoms with Crippen molar-refractivity contribution in [1.82, 2.24) is 0 Å². The summed E-state index contributed by atoms with van der Waals surface area (Å²) in [5, 5.41) is 6.98. The number of thiocarbonyl (C=S) groups is 1. The Morgan fingerprint density at radius 2 is 1.56 bits per heavy atom. The lowest BCUT2D eigenvalue weighted by atomic mass is 10.1. The summed E-state index contributed by atoms with van der Waals surface area (Å²) in [5.41, 5.74) is 3.13. The van der Waals surface area contributed by atoms with Crippen LogP contribution in [0, 0.1) is 0 Å². The largest absolute Gasteiger partial charge is 0.455 e. The zero-order valence-corrected chi connectivity index (χ0v) is 16.3. The Morgan fingerprint density at radius 1 is 0.852 bits per heavy atom. The van der Waals surface area contributed by atoms with Crippen molar-refractivity contribution in [3.63, 3.8) is 0 Å². The van der Waals surface area contributed by atoms with Gasteiger partial charge < -0.3 is 15.4 Å². The number of para-hydroxylation sites is 3. The molecule has 0 radical (unpaired) electrons. The molecule has 4 heteroatoms. The molecule has 0 aliphatic rings. The van der Waals surface area contributed by atoms with Crippen LogP contribution in [0.4, 0.5) is 11.4 Å². The predicted octanol–water partition coefficient (Wildman–Crippen LogP) is 6.63. The van der Waals surface area contributed by atoms with E-state index in [0.29, 0.717) is 5.11 Å². The van der Waals surface area contributed by atoms with Crippen LogP contribution < -0.4 is 15.4 Å². The number of nitrogens with one attached hydrogen (secondary N) is 2. The molecule has 2 N–H and O–H groups in total. The second-order valence-corrected chi connectivity index (χ2v) is 6.70. The molecule has 0 aliphatic carbocycles. The van der Waals surface area contributed by atoms with Gasteiger partial charge in [0.1, 0.15) is 5.75 Å². The molecule has 0 fully saturated rings. The Kier molecular flexibility index (Phi) is 6.83. The zero-order valence-electron chi connectivity index (χ0n) is 15.4. The van der Waals surface area contributed by atoms with Crippen LogP contribution in [0.2, 0.25) is 0 Å². The zero-order chi connectivity index (χ0) is 18.9. The second-order valence-electron chi connectivity index (χ2n) is 6.29. The molecule has 0 aromatic heterocycles. The van der Waals surface area contributed by atoms with Gasteiger partial charge in [0.25, 0.3) is 0 Å². The average Bonchev–Trinajstić information content (AvgIpc) is 2.70. The third-order valence-corrected chi connectivity index (χ3v) is 4.34. The lowest BCUT2D eigenvalue weighted by Crippen LogP contribution is -2.19. The molecule has 3 aromatic carbocycles. The summed E-state index contributed by atoms with van der Waals surface area (Å²) in [5.74, 6) is 1.51. The highest BCUT2D eigenvalue weighted by Crippen LogP contribution is 2.29. The molecule has 0 atom stereocenters. The number of unbranched alkanes of at least 4 members (excludes halogenated alkanes) is 1. The lowest BCUT2D eigenvalue weighted by Gasteiger charge is -2.15. The fraction of sp³-hybridized carbons (Fsp3) is 0.174. The first-order chi connectivity index (χ1) is 13.2. The molecule has 0 aliphatic heterocycles. The van der Waals surface area contributed by atoms with Crippen LogP contribution in [0.3, 0.4) is 0 Å². The minimum atomic E-state index is 0.528. The van der Waals surface area contributed by atoms with E-state index in [1.54, 1.807) is 0 Å². The van der Waals surface area contributed by atoms with E-state index in [2.05, 4.69) is 41.8 Å². The molecule has 3 nitrogen and oxygen atoms in total. The summed E-state index contributed by atoms with van der Waals surface area (Å²) in [7, 11) is 0. The Morgan fingerprint density at radius 3 is 2.30 bits per heavy atom. The molecule has 0 amide bonds. The van der Waals surface area contributed by atoms with Crippen LogP contribution in [0.1, 0.15) is 25.3 Å². The first-order valence-electron chi connectivity index (χ1n) is 9.23. The van der Waals surface area contributed by atoms with E-state index < -0.39 is 0 Å². The summed E-state index contributed by atoms with van der Waals surface area (Å²) in [6.07, 6.45) is 3.53. The average molecular weight is 377 g/mol. The summed E-state index contributed by atoms with van der Waals surface area (Å²) < 4.78 is 5.96. The number of benzene rings is 3. The maximum Gasteiger partial charge on any atom is 0.175 e. The number of hydrogen-bond donors (Lipinski definition) is 2. The van der Waals surface area contributed by atoms with E-state index in [4.69, 9.17) is 17.0 Å². The molecular formula is C23H24N2OS. The van der Waals surface area contributed by atoms with Crippen LogP contribution in [0.5, 0.6) is 11.5 Å². The second kappa shape index (κ2) is 9.74. The standard InChI is InChI=1S/C23H24N2OS/c1-2-3-9-18-14-16-19(17-15-18)24-23(27)25-21-12-7-8-13-22(21)26-20-10-5-4-6-11-20/h4-8,10-17H,2-3,9H2,1H3,(H2,24,25,27). The van der Waals surface area contributed by atoms with Gasteiger partial charge in [0.05, 0.1) is 5.69 Å². The Balaban J connectivity index is 1.62. The number of hydrogen-bond acceptors (Lipinski definition) is 2. The minimum Gasteiger partial charge on any atom is -0.455 e. The van der Waals surface area contributed by atoms with E-state index in [1.165, 1.54) is 18.4 Å². The van der Waals surface area contributed by atoms with Gasteiger partial charge in [-0.05, 0) is 67.0 Å². The van der Waals surface area contributed by atoms with Gasteiger partial charge in [-0.2, -0.15) is 0 Å². The van der Waals surface area contributed by atoms with E-state index in [1.807, 2.05) is 54.6 Å². The highest BCUT2D eigenvalue weighted by Gasteiger charge is 2.06. The fourth-order valence-electron chi connectivity index (χ4n) is 2.69. The predicted molar refractivity (Wildman–Crippen MR) is 118 cm³/mol. The maximum absolute atomic E-state index is 5.96. The highest BCUT2D eigenvalue weighted by molar-refractivity contribution is 7.80. The monoisotopic (exact) mass is 376 g/mol. The lowest BCUT2D eigenvalue weighted by molar-refractivity contribution is 0.485. The van der Waals surface area contributed by atoms with Crippen LogP contribution in [-0.4, -0.2) is 5.11 Å². The van der Waals surface area contributed by atoms with Crippen LogP contribution in [0.15, 0.2) is 78.9 Å². The molecule has 0 bridgehead atoms. The molecule has 0 saturated carbocycles. The van der Waals surface area contributed by atoms with E-state index >= 15 is 0 Å². The Bertz CT molecular complexity index is 863. The molecule has 3 aromatic rings. The molecule has 0 saturated heterocycles. The molecule has 27 heavy (non-hydrogen) atoms. The van der Waals surface area contributed by atoms with Crippen molar-refractivity contribution >= 4 is 28.7 Å². The van der Waals surface area contributed by atoms with Gasteiger partial charge in [-0.1, -0.05) is 55.8 Å². The first-order valence-corrected chi connectivity index (χ1v) is 9.64. The van der Waals surface area contributed by atoms with Crippen molar-refractivity contribution in [2.75, 3.05) is 10.6 Å². The number of ether oxygens (including phenoxy) is 1. The highest BCUT2D eigenvalue weighted by atomic mass is 32.1. The Labute approximate surface area is 166 Å². The van der Waals surface area contributed by atoms with Crippen molar-refractivity contribution < 1.29 is 4.74 Å². The SMILES string of the molecule is CCCCc1ccc(NC(=S)Nc2ccccc2Oc2ccccc2)cc1. The van der Waals surface area contributed by atoms with Crippen molar-refractivity contribution in [3.8, 4) is 11.5 Å². The Hall–Kier alpha value is -2.85. The van der Waals surface area contributed by atoms with Gasteiger partial charge in [-0.25, -0.2) is 0 Å². The number of rotatable bonds is 7. The van der Waals surface area contributed by atoms with Crippen molar-refractivity contribution in [2.45, 2.75) is 26.2 Å². The fourth-order valence-corrected chi connectivity index (χ4v) is 2.92. The minimum absolute atomic E-state index is 0.528. The van der Waals surface area contributed by atoms with E-state index in [0.717, 1.165) is 29.3 Å². The number of aryl methyl sites for hydroxylation is 1. The summed E-state index contributed by atoms with van der Waals surface area (Å²) in [6, 6.07) is 25.9. The summed E-state index contributed by atoms with van der Waals surface area (Å²) in [4.78, 5) is 0. The third-order valence-electron chi connectivity index (χ3n) is 4.14. The molecular weight excluding hydrogens is 352 g/mol. The first kappa shape index (κ1) is 18.9. The molecule has 0 heterocycles. The maximum atomic E-state index is 5.96.